The summed E-state index contributed by atoms with van der Waals surface area (Å²) in [5.41, 5.74) is 2.82. The number of hydrogen-bond acceptors (Lipinski definition) is 6. The third kappa shape index (κ3) is 3.04. The van der Waals surface area contributed by atoms with Gasteiger partial charge in [-0.25, -0.2) is 9.18 Å². The van der Waals surface area contributed by atoms with Gasteiger partial charge in [-0.1, -0.05) is 11.6 Å². The van der Waals surface area contributed by atoms with Gasteiger partial charge in [-0.15, -0.1) is 0 Å². The number of nitrogen functional groups attached to an aromatic ring is 1. The molecule has 0 unspecified atom stereocenters. The van der Waals surface area contributed by atoms with Crippen molar-refractivity contribution >= 4 is 23.2 Å². The van der Waals surface area contributed by atoms with Gasteiger partial charge < -0.3 is 15.6 Å². The van der Waals surface area contributed by atoms with Crippen LogP contribution in [0.4, 0.5) is 10.2 Å². The third-order valence-corrected chi connectivity index (χ3v) is 4.38. The number of carbonyl (C=O) groups is 1. The molecule has 2 aromatic rings. The molecule has 2 heterocycles. The molecule has 0 radical (unpaired) electrons. The summed E-state index contributed by atoms with van der Waals surface area (Å²) in [4.78, 5) is 28.8. The average Bonchev–Trinajstić information content (AvgIpc) is 3.03. The molecule has 1 aromatic heterocycles. The summed E-state index contributed by atoms with van der Waals surface area (Å²) >= 11 is 5.83. The topological polar surface area (TPSA) is 107 Å². The van der Waals surface area contributed by atoms with Crippen LogP contribution in [-0.2, 0) is 10.5 Å². The zero-order valence-corrected chi connectivity index (χ0v) is 13.7. The lowest BCUT2D eigenvalue weighted by Crippen LogP contribution is -2.48. The lowest BCUT2D eigenvalue weighted by molar-refractivity contribution is -0.0857. The highest BCUT2D eigenvalue weighted by molar-refractivity contribution is 6.30. The number of aromatic nitrogens is 2. The Kier molecular flexibility index (Phi) is 4.59. The number of halogens is 2. The minimum absolute atomic E-state index is 0.0740. The maximum absolute atomic E-state index is 13.9. The van der Waals surface area contributed by atoms with E-state index < -0.39 is 34.9 Å². The number of benzene rings is 1. The van der Waals surface area contributed by atoms with Crippen LogP contribution in [-0.4, -0.2) is 33.2 Å². The van der Waals surface area contributed by atoms with E-state index in [1.807, 2.05) is 0 Å². The number of aliphatic hydroxyl groups excluding tert-OH is 1. The van der Waals surface area contributed by atoms with E-state index in [1.54, 1.807) is 0 Å². The Bertz CT molecular complexity index is 871. The molecule has 0 aliphatic carbocycles. The average molecular weight is 368 g/mol. The normalized spacial score (nSPS) is 22.9. The summed E-state index contributed by atoms with van der Waals surface area (Å²) < 4.78 is 20.4. The van der Waals surface area contributed by atoms with E-state index >= 15 is 0 Å². The molecule has 0 spiro atoms. The van der Waals surface area contributed by atoms with Gasteiger partial charge in [0.15, 0.2) is 11.6 Å². The number of nitrogens with zero attached hydrogens (tertiary/aromatic N) is 2. The molecule has 0 amide bonds. The first-order chi connectivity index (χ1) is 11.9. The number of carbonyl (C=O) groups excluding carboxylic acids is 1. The number of ether oxygens (including phenoxy) is 1. The Labute approximate surface area is 146 Å². The fourth-order valence-corrected chi connectivity index (χ4v) is 2.99. The van der Waals surface area contributed by atoms with Crippen molar-refractivity contribution in [2.75, 3.05) is 12.3 Å². The highest BCUT2D eigenvalue weighted by atomic mass is 35.5. The fourth-order valence-electron chi connectivity index (χ4n) is 2.86. The van der Waals surface area contributed by atoms with Crippen molar-refractivity contribution in [2.24, 2.45) is 0 Å². The number of Topliss-reactive ketones (excluding diaryl/α,β-unsaturated/α-hetero) is 1. The van der Waals surface area contributed by atoms with Crippen LogP contribution in [0.2, 0.25) is 5.02 Å². The first kappa shape index (κ1) is 17.5. The minimum atomic E-state index is -1.81. The molecule has 0 bridgehead atoms. The second kappa shape index (κ2) is 6.55. The fraction of sp³-hybridized carbons (Fsp3) is 0.312. The molecule has 132 valence electrons. The second-order valence-corrected chi connectivity index (χ2v) is 6.14. The van der Waals surface area contributed by atoms with Gasteiger partial charge in [-0.05, 0) is 30.7 Å². The summed E-state index contributed by atoms with van der Waals surface area (Å²) in [5.74, 6) is -2.07. The van der Waals surface area contributed by atoms with Crippen LogP contribution >= 0.6 is 11.6 Å². The van der Waals surface area contributed by atoms with E-state index in [1.165, 1.54) is 24.3 Å². The summed E-state index contributed by atoms with van der Waals surface area (Å²) in [6, 6.07) is 6.00. The molecule has 0 saturated carbocycles. The van der Waals surface area contributed by atoms with Crippen molar-refractivity contribution in [3.8, 4) is 0 Å². The van der Waals surface area contributed by atoms with Crippen LogP contribution in [0.5, 0.6) is 0 Å². The lowest BCUT2D eigenvalue weighted by Gasteiger charge is -2.29. The predicted octanol–water partition coefficient (Wildman–Crippen LogP) is 1.33. The quantitative estimate of drug-likeness (QED) is 0.789. The highest BCUT2D eigenvalue weighted by Crippen LogP contribution is 2.37. The van der Waals surface area contributed by atoms with Crippen LogP contribution in [0.3, 0.4) is 0 Å². The predicted molar refractivity (Wildman–Crippen MR) is 87.8 cm³/mol. The summed E-state index contributed by atoms with van der Waals surface area (Å²) in [5, 5.41) is 9.78. The number of nitrogens with two attached hydrogens (primary N) is 1. The number of rotatable bonds is 4. The van der Waals surface area contributed by atoms with Crippen molar-refractivity contribution in [1.82, 2.24) is 9.55 Å². The molecular formula is C16H15ClFN3O4. The summed E-state index contributed by atoms with van der Waals surface area (Å²) in [7, 11) is 0. The van der Waals surface area contributed by atoms with Crippen LogP contribution in [0, 0.1) is 5.82 Å². The van der Waals surface area contributed by atoms with Crippen LogP contribution in [0.1, 0.15) is 23.2 Å². The van der Waals surface area contributed by atoms with Gasteiger partial charge in [0.05, 0.1) is 18.9 Å². The van der Waals surface area contributed by atoms with Crippen molar-refractivity contribution in [3.05, 3.63) is 57.3 Å². The number of hydrogen-bond donors (Lipinski definition) is 2. The van der Waals surface area contributed by atoms with Crippen molar-refractivity contribution < 1.29 is 19.0 Å². The van der Waals surface area contributed by atoms with E-state index in [-0.39, 0.29) is 18.6 Å². The third-order valence-electron chi connectivity index (χ3n) is 4.13. The first-order valence-electron chi connectivity index (χ1n) is 7.51. The first-order valence-corrected chi connectivity index (χ1v) is 7.89. The molecular weight excluding hydrogens is 353 g/mol. The van der Waals surface area contributed by atoms with Gasteiger partial charge in [-0.3, -0.25) is 9.36 Å². The van der Waals surface area contributed by atoms with Gasteiger partial charge in [0.25, 0.3) is 0 Å². The highest BCUT2D eigenvalue weighted by Gasteiger charge is 2.49. The maximum Gasteiger partial charge on any atom is 0.352 e. The number of anilines is 1. The van der Waals surface area contributed by atoms with E-state index in [4.69, 9.17) is 22.1 Å². The molecule has 25 heavy (non-hydrogen) atoms. The van der Waals surface area contributed by atoms with Gasteiger partial charge in [0, 0.05) is 17.0 Å². The molecule has 1 aliphatic rings. The Morgan fingerprint density at radius 1 is 1.48 bits per heavy atom. The Morgan fingerprint density at radius 3 is 2.76 bits per heavy atom. The zero-order chi connectivity index (χ0) is 18.2. The van der Waals surface area contributed by atoms with Crippen LogP contribution in [0.25, 0.3) is 0 Å². The largest absolute Gasteiger partial charge is 0.394 e. The molecule has 1 saturated heterocycles. The van der Waals surface area contributed by atoms with E-state index in [9.17, 15) is 19.1 Å². The smallest absolute Gasteiger partial charge is 0.352 e. The number of aliphatic hydroxyl groups is 1. The van der Waals surface area contributed by atoms with E-state index in [0.29, 0.717) is 11.4 Å². The molecule has 1 fully saturated rings. The monoisotopic (exact) mass is 367 g/mol. The maximum atomic E-state index is 13.9. The Morgan fingerprint density at radius 2 is 2.16 bits per heavy atom. The van der Waals surface area contributed by atoms with Gasteiger partial charge in [0.2, 0.25) is 11.5 Å². The van der Waals surface area contributed by atoms with Crippen LogP contribution in [0.15, 0.2) is 35.3 Å². The van der Waals surface area contributed by atoms with E-state index in [0.717, 1.165) is 10.8 Å². The summed E-state index contributed by atoms with van der Waals surface area (Å²) in [6.45, 7) is -0.338. The standard InChI is InChI=1S/C16H15ClFN3O4/c17-10-3-1-9(2-4-10)13(23)16(6-5-11(8-22)25-16)21-7-12(18)14(19)20-15(21)24/h1-4,7,11,22H,5-6,8H2,(H2,19,20,24)/t11-,16-/m0/s1. The van der Waals surface area contributed by atoms with Crippen molar-refractivity contribution in [3.63, 3.8) is 0 Å². The molecule has 3 N–H and O–H groups in total. The molecule has 2 atom stereocenters. The molecule has 9 heteroatoms. The van der Waals surface area contributed by atoms with E-state index in [2.05, 4.69) is 4.98 Å². The van der Waals surface area contributed by atoms with Crippen LogP contribution < -0.4 is 11.4 Å². The van der Waals surface area contributed by atoms with Crippen molar-refractivity contribution in [1.29, 1.82) is 0 Å². The SMILES string of the molecule is Nc1nc(=O)n([C@@]2(C(=O)c3ccc(Cl)cc3)CC[C@@H](CO)O2)cc1F. The lowest BCUT2D eigenvalue weighted by atomic mass is 9.97. The molecule has 1 aromatic carbocycles. The molecule has 3 rings (SSSR count). The number of ketones is 1. The van der Waals surface area contributed by atoms with Gasteiger partial charge in [0.1, 0.15) is 0 Å². The van der Waals surface area contributed by atoms with Gasteiger partial charge in [-0.2, -0.15) is 4.98 Å². The Balaban J connectivity index is 2.15. The Hall–Kier alpha value is -2.29. The summed E-state index contributed by atoms with van der Waals surface area (Å²) in [6.07, 6.45) is 0.528. The minimum Gasteiger partial charge on any atom is -0.394 e. The van der Waals surface area contributed by atoms with Gasteiger partial charge >= 0.3 is 5.69 Å². The van der Waals surface area contributed by atoms with Crippen molar-refractivity contribution in [2.45, 2.75) is 24.7 Å². The zero-order valence-electron chi connectivity index (χ0n) is 13.0. The molecule has 7 nitrogen and oxygen atoms in total. The second-order valence-electron chi connectivity index (χ2n) is 5.71. The molecule has 1 aliphatic heterocycles.